The predicted molar refractivity (Wildman–Crippen MR) is 90.5 cm³/mol. The highest BCUT2D eigenvalue weighted by Crippen LogP contribution is 2.31. The van der Waals surface area contributed by atoms with Crippen LogP contribution in [0, 0.1) is 0 Å². The van der Waals surface area contributed by atoms with E-state index in [2.05, 4.69) is 5.32 Å². The molecule has 0 aliphatic carbocycles. The van der Waals surface area contributed by atoms with E-state index in [0.717, 1.165) is 11.1 Å². The van der Waals surface area contributed by atoms with E-state index in [-0.39, 0.29) is 36.7 Å². The fourth-order valence-electron chi connectivity index (χ4n) is 2.40. The predicted octanol–water partition coefficient (Wildman–Crippen LogP) is 1.87. The molecule has 0 saturated carbocycles. The van der Waals surface area contributed by atoms with Crippen molar-refractivity contribution in [1.82, 2.24) is 5.32 Å². The Hall–Kier alpha value is -1.59. The van der Waals surface area contributed by atoms with Crippen LogP contribution < -0.4 is 5.32 Å². The topological polar surface area (TPSA) is 89.8 Å². The van der Waals surface area contributed by atoms with Crippen LogP contribution in [0.3, 0.4) is 0 Å². The zero-order valence-corrected chi connectivity index (χ0v) is 14.5. The molecule has 1 aromatic rings. The summed E-state index contributed by atoms with van der Waals surface area (Å²) in [5.74, 6) is 0.0524. The summed E-state index contributed by atoms with van der Waals surface area (Å²) in [6, 6.07) is 5.39. The van der Waals surface area contributed by atoms with E-state index in [4.69, 9.17) is 0 Å². The van der Waals surface area contributed by atoms with Crippen molar-refractivity contribution in [3.63, 3.8) is 0 Å². The summed E-state index contributed by atoms with van der Waals surface area (Å²) in [6.45, 7) is 7.30. The van der Waals surface area contributed by atoms with Crippen molar-refractivity contribution in [2.75, 3.05) is 13.2 Å². The number of hydrogen-bond donors (Lipinski definition) is 4. The molecule has 0 atom stereocenters. The van der Waals surface area contributed by atoms with Crippen LogP contribution in [0.1, 0.15) is 51.7 Å². The first-order valence-corrected chi connectivity index (χ1v) is 8.02. The third-order valence-corrected chi connectivity index (χ3v) is 4.20. The lowest BCUT2D eigenvalue weighted by Crippen LogP contribution is -2.53. The minimum atomic E-state index is -0.956. The largest absolute Gasteiger partial charge is 0.508 e. The summed E-state index contributed by atoms with van der Waals surface area (Å²) in [4.78, 5) is 12.1. The number of aliphatic hydroxyl groups is 2. The van der Waals surface area contributed by atoms with Crippen molar-refractivity contribution in [2.45, 2.75) is 57.9 Å². The van der Waals surface area contributed by atoms with Gasteiger partial charge in [0.15, 0.2) is 0 Å². The van der Waals surface area contributed by atoms with Crippen LogP contribution in [-0.4, -0.2) is 40.0 Å². The lowest BCUT2D eigenvalue weighted by molar-refractivity contribution is -0.124. The molecule has 0 spiro atoms. The highest BCUT2D eigenvalue weighted by atomic mass is 16.3. The average Bonchev–Trinajstić information content (AvgIpc) is 2.51. The molecule has 1 rings (SSSR count). The molecule has 1 aromatic carbocycles. The Kier molecular flexibility index (Phi) is 6.59. The Morgan fingerprint density at radius 2 is 1.78 bits per heavy atom. The van der Waals surface area contributed by atoms with E-state index in [9.17, 15) is 20.1 Å². The van der Waals surface area contributed by atoms with Gasteiger partial charge in [-0.1, -0.05) is 39.8 Å². The molecule has 0 unspecified atom stereocenters. The summed E-state index contributed by atoms with van der Waals surface area (Å²) < 4.78 is 0. The van der Waals surface area contributed by atoms with E-state index < -0.39 is 5.54 Å². The zero-order valence-electron chi connectivity index (χ0n) is 14.5. The van der Waals surface area contributed by atoms with Gasteiger partial charge in [-0.2, -0.15) is 0 Å². The number of carbonyl (C=O) groups excluding carboxylic acids is 1. The Morgan fingerprint density at radius 3 is 2.26 bits per heavy atom. The van der Waals surface area contributed by atoms with Crippen molar-refractivity contribution >= 4 is 5.91 Å². The number of aromatic hydroxyl groups is 1. The smallest absolute Gasteiger partial charge is 0.220 e. The lowest BCUT2D eigenvalue weighted by atomic mass is 9.85. The molecule has 0 heterocycles. The molecule has 4 N–H and O–H groups in total. The van der Waals surface area contributed by atoms with Gasteiger partial charge in [0.25, 0.3) is 0 Å². The first-order chi connectivity index (χ1) is 10.7. The highest BCUT2D eigenvalue weighted by Gasteiger charge is 2.28. The minimum Gasteiger partial charge on any atom is -0.508 e. The molecule has 0 aliphatic rings. The second kappa shape index (κ2) is 7.79. The van der Waals surface area contributed by atoms with Gasteiger partial charge in [-0.05, 0) is 35.4 Å². The number of aryl methyl sites for hydroxylation is 1. The van der Waals surface area contributed by atoms with Gasteiger partial charge in [-0.3, -0.25) is 4.79 Å². The Morgan fingerprint density at radius 1 is 1.17 bits per heavy atom. The molecule has 130 valence electrons. The van der Waals surface area contributed by atoms with Crippen molar-refractivity contribution in [2.24, 2.45) is 0 Å². The first-order valence-electron chi connectivity index (χ1n) is 8.02. The second-order valence-corrected chi connectivity index (χ2v) is 7.10. The van der Waals surface area contributed by atoms with Crippen LogP contribution in [0.5, 0.6) is 5.75 Å². The van der Waals surface area contributed by atoms with Crippen LogP contribution in [0.4, 0.5) is 0 Å². The number of rotatable bonds is 7. The minimum absolute atomic E-state index is 0.173. The molecular formula is C18H29NO4. The number of amides is 1. The zero-order chi connectivity index (χ0) is 17.7. The van der Waals surface area contributed by atoms with E-state index in [1.807, 2.05) is 39.8 Å². The Labute approximate surface area is 138 Å². The molecule has 5 nitrogen and oxygen atoms in total. The molecule has 1 amide bonds. The van der Waals surface area contributed by atoms with Gasteiger partial charge in [0.05, 0.1) is 18.8 Å². The van der Waals surface area contributed by atoms with Crippen LogP contribution >= 0.6 is 0 Å². The van der Waals surface area contributed by atoms with Gasteiger partial charge in [-0.25, -0.2) is 0 Å². The number of aliphatic hydroxyl groups excluding tert-OH is 2. The Balaban J connectivity index is 2.74. The van der Waals surface area contributed by atoms with Crippen LogP contribution in [0.15, 0.2) is 18.2 Å². The maximum Gasteiger partial charge on any atom is 0.220 e. The third kappa shape index (κ3) is 5.22. The fraction of sp³-hybridized carbons (Fsp3) is 0.611. The number of phenols is 1. The molecule has 0 bridgehead atoms. The summed E-state index contributed by atoms with van der Waals surface area (Å²) in [5.41, 5.74) is 0.692. The van der Waals surface area contributed by atoms with E-state index in [1.165, 1.54) is 0 Å². The third-order valence-electron chi connectivity index (χ3n) is 4.20. The van der Waals surface area contributed by atoms with Gasteiger partial charge in [0, 0.05) is 6.42 Å². The average molecular weight is 323 g/mol. The van der Waals surface area contributed by atoms with Crippen molar-refractivity contribution in [1.29, 1.82) is 0 Å². The number of benzene rings is 1. The molecule has 0 aromatic heterocycles. The van der Waals surface area contributed by atoms with Crippen molar-refractivity contribution in [3.8, 4) is 5.75 Å². The molecule has 23 heavy (non-hydrogen) atoms. The Bertz CT molecular complexity index is 522. The van der Waals surface area contributed by atoms with E-state index in [1.54, 1.807) is 6.07 Å². The molecule has 0 fully saturated rings. The first kappa shape index (κ1) is 19.5. The normalized spacial score (nSPS) is 12.3. The molecule has 0 saturated heterocycles. The lowest BCUT2D eigenvalue weighted by Gasteiger charge is -2.29. The van der Waals surface area contributed by atoms with Gasteiger partial charge in [-0.15, -0.1) is 0 Å². The summed E-state index contributed by atoms with van der Waals surface area (Å²) >= 11 is 0. The van der Waals surface area contributed by atoms with Crippen LogP contribution in [0.2, 0.25) is 0 Å². The summed E-state index contributed by atoms with van der Waals surface area (Å²) in [6.07, 6.45) is 1.25. The fourth-order valence-corrected chi connectivity index (χ4v) is 2.40. The SMILES string of the molecule is CCC(CO)(CO)NC(=O)CCc1ccc(O)c(C(C)(C)C)c1. The maximum atomic E-state index is 12.1. The second-order valence-electron chi connectivity index (χ2n) is 7.10. The highest BCUT2D eigenvalue weighted by molar-refractivity contribution is 5.77. The van der Waals surface area contributed by atoms with E-state index >= 15 is 0 Å². The molecule has 0 radical (unpaired) electrons. The van der Waals surface area contributed by atoms with Gasteiger partial charge in [0.1, 0.15) is 5.75 Å². The van der Waals surface area contributed by atoms with Gasteiger partial charge < -0.3 is 20.6 Å². The van der Waals surface area contributed by atoms with Gasteiger partial charge in [0.2, 0.25) is 5.91 Å². The standard InChI is InChI=1S/C18H29NO4/c1-5-18(11-20,12-21)19-16(23)9-7-13-6-8-15(22)14(10-13)17(2,3)4/h6,8,10,20-22H,5,7,9,11-12H2,1-4H3,(H,19,23). The quantitative estimate of drug-likeness (QED) is 0.617. The number of carbonyl (C=O) groups is 1. The van der Waals surface area contributed by atoms with Crippen molar-refractivity contribution < 1.29 is 20.1 Å². The summed E-state index contributed by atoms with van der Waals surface area (Å²) in [5, 5.41) is 31.4. The van der Waals surface area contributed by atoms with Crippen LogP contribution in [-0.2, 0) is 16.6 Å². The van der Waals surface area contributed by atoms with E-state index in [0.29, 0.717) is 12.8 Å². The number of phenolic OH excluding ortho intramolecular Hbond substituents is 1. The summed E-state index contributed by atoms with van der Waals surface area (Å²) in [7, 11) is 0. The monoisotopic (exact) mass is 323 g/mol. The van der Waals surface area contributed by atoms with Crippen LogP contribution in [0.25, 0.3) is 0 Å². The van der Waals surface area contributed by atoms with Crippen molar-refractivity contribution in [3.05, 3.63) is 29.3 Å². The molecular weight excluding hydrogens is 294 g/mol. The van der Waals surface area contributed by atoms with Gasteiger partial charge >= 0.3 is 0 Å². The molecule has 5 heteroatoms. The molecule has 0 aliphatic heterocycles. The number of nitrogens with one attached hydrogen (secondary N) is 1. The maximum absolute atomic E-state index is 12.1. The number of hydrogen-bond acceptors (Lipinski definition) is 4.